The molecule has 2 aromatic rings. The average Bonchev–Trinajstić information content (AvgIpc) is 3.06. The quantitative estimate of drug-likeness (QED) is 0.303. The summed E-state index contributed by atoms with van der Waals surface area (Å²) in [6.45, 7) is 3.16. The van der Waals surface area contributed by atoms with Gasteiger partial charge in [0.15, 0.2) is 5.70 Å². The monoisotopic (exact) mass is 514 g/mol. The SMILES string of the molecule is [B]N=POC(=O)C1=C(OP(=O)(Oc2ccccc2)Oc2ccccc2)C(C)C2C(C(C)O)C(=O)N12. The minimum atomic E-state index is -4.46. The molecule has 1 saturated heterocycles. The van der Waals surface area contributed by atoms with Crippen LogP contribution in [-0.2, 0) is 23.2 Å². The van der Waals surface area contributed by atoms with Crippen molar-refractivity contribution < 1.29 is 37.4 Å². The number of aliphatic hydroxyl groups is 1. The molecule has 4 unspecified atom stereocenters. The Morgan fingerprint density at radius 1 is 1.09 bits per heavy atom. The first-order valence-electron chi connectivity index (χ1n) is 10.6. The highest BCUT2D eigenvalue weighted by molar-refractivity contribution is 7.49. The van der Waals surface area contributed by atoms with Crippen LogP contribution in [0.3, 0.4) is 0 Å². The average molecular weight is 514 g/mol. The van der Waals surface area contributed by atoms with E-state index in [0.717, 1.165) is 0 Å². The molecular formula is C22H21BN2O8P2. The molecule has 2 aromatic carbocycles. The highest BCUT2D eigenvalue weighted by Gasteiger charge is 2.62. The second-order valence-electron chi connectivity index (χ2n) is 7.89. The van der Waals surface area contributed by atoms with Gasteiger partial charge in [0.25, 0.3) is 7.98 Å². The number of benzene rings is 2. The van der Waals surface area contributed by atoms with Crippen molar-refractivity contribution in [3.8, 4) is 11.5 Å². The van der Waals surface area contributed by atoms with Crippen LogP contribution in [-0.4, -0.2) is 42.0 Å². The summed E-state index contributed by atoms with van der Waals surface area (Å²) in [5.74, 6) is -2.62. The second-order valence-corrected chi connectivity index (χ2v) is 9.91. The Bertz CT molecular complexity index is 1160. The number of phosphoric ester groups is 1. The minimum absolute atomic E-state index is 0.126. The lowest BCUT2D eigenvalue weighted by Crippen LogP contribution is -2.63. The number of phosphoric acid groups is 1. The fraction of sp³-hybridized carbons (Fsp3) is 0.273. The predicted octanol–water partition coefficient (Wildman–Crippen LogP) is 4.01. The molecule has 10 nitrogen and oxygen atoms in total. The van der Waals surface area contributed by atoms with E-state index in [-0.39, 0.29) is 31.6 Å². The molecule has 0 spiro atoms. The van der Waals surface area contributed by atoms with Crippen molar-refractivity contribution in [2.24, 2.45) is 16.5 Å². The number of aliphatic hydroxyl groups excluding tert-OH is 1. The van der Waals surface area contributed by atoms with Crippen molar-refractivity contribution in [1.29, 1.82) is 0 Å². The Hall–Kier alpha value is -3.13. The molecular weight excluding hydrogens is 493 g/mol. The van der Waals surface area contributed by atoms with Crippen LogP contribution >= 0.6 is 16.4 Å². The smallest absolute Gasteiger partial charge is 0.393 e. The number of hydrogen-bond donors (Lipinski definition) is 1. The van der Waals surface area contributed by atoms with E-state index in [4.69, 9.17) is 26.1 Å². The van der Waals surface area contributed by atoms with Crippen molar-refractivity contribution in [3.63, 3.8) is 0 Å². The Kier molecular flexibility index (Phi) is 7.31. The molecule has 35 heavy (non-hydrogen) atoms. The van der Waals surface area contributed by atoms with Gasteiger partial charge in [0.2, 0.25) is 14.5 Å². The minimum Gasteiger partial charge on any atom is -0.393 e. The molecule has 0 aliphatic carbocycles. The zero-order valence-electron chi connectivity index (χ0n) is 18.8. The molecule has 4 atom stereocenters. The van der Waals surface area contributed by atoms with Gasteiger partial charge < -0.3 is 27.9 Å². The maximum Gasteiger partial charge on any atom is 0.646 e. The zero-order chi connectivity index (χ0) is 25.2. The largest absolute Gasteiger partial charge is 0.646 e. The first-order valence-corrected chi connectivity index (χ1v) is 12.8. The van der Waals surface area contributed by atoms with E-state index >= 15 is 0 Å². The molecule has 2 aliphatic rings. The third-order valence-corrected chi connectivity index (χ3v) is 7.23. The van der Waals surface area contributed by atoms with Crippen molar-refractivity contribution in [3.05, 3.63) is 72.1 Å². The van der Waals surface area contributed by atoms with Gasteiger partial charge in [-0.3, -0.25) is 9.69 Å². The Morgan fingerprint density at radius 3 is 2.11 bits per heavy atom. The topological polar surface area (TPSA) is 124 Å². The van der Waals surface area contributed by atoms with Gasteiger partial charge >= 0.3 is 13.8 Å². The molecule has 13 heteroatoms. The summed E-state index contributed by atoms with van der Waals surface area (Å²) >= 11 is 0. The third-order valence-electron chi connectivity index (χ3n) is 5.60. The van der Waals surface area contributed by atoms with Gasteiger partial charge in [0, 0.05) is 5.92 Å². The molecule has 0 aromatic heterocycles. The standard InChI is InChI=1S/C22H21BN2O8P2/c1-13-18-17(14(2)26)21(27)25(18)19(22(28)30-34-24-23)20(13)33-35(29,31-15-9-5-3-6-10-15)32-16-11-7-4-8-12-16/h3-14,17-18,26H,1-2H3. The van der Waals surface area contributed by atoms with Crippen LogP contribution in [0.4, 0.5) is 0 Å². The van der Waals surface area contributed by atoms with Gasteiger partial charge in [-0.25, -0.2) is 4.79 Å². The molecule has 1 fully saturated rings. The van der Waals surface area contributed by atoms with E-state index < -0.39 is 43.7 Å². The van der Waals surface area contributed by atoms with Gasteiger partial charge in [-0.2, -0.15) is 4.57 Å². The predicted molar refractivity (Wildman–Crippen MR) is 126 cm³/mol. The van der Waals surface area contributed by atoms with Crippen molar-refractivity contribution >= 4 is 36.3 Å². The number of amides is 1. The summed E-state index contributed by atoms with van der Waals surface area (Å²) in [6, 6.07) is 15.8. The van der Waals surface area contributed by atoms with Crippen LogP contribution in [0, 0.1) is 11.8 Å². The normalized spacial score (nSPS) is 22.4. The Balaban J connectivity index is 1.75. The number of carbonyl (C=O) groups is 2. The van der Waals surface area contributed by atoms with Gasteiger partial charge in [-0.15, -0.1) is 0 Å². The molecule has 2 heterocycles. The van der Waals surface area contributed by atoms with Crippen molar-refractivity contribution in [2.75, 3.05) is 0 Å². The van der Waals surface area contributed by atoms with Gasteiger partial charge in [-0.05, 0) is 31.2 Å². The van der Waals surface area contributed by atoms with E-state index in [1.165, 1.54) is 11.8 Å². The molecule has 2 radical (unpaired) electrons. The van der Waals surface area contributed by atoms with Crippen LogP contribution in [0.5, 0.6) is 11.5 Å². The molecule has 0 bridgehead atoms. The second kappa shape index (κ2) is 10.2. The maximum absolute atomic E-state index is 13.9. The van der Waals surface area contributed by atoms with Gasteiger partial charge in [0.1, 0.15) is 17.3 Å². The van der Waals surface area contributed by atoms with Crippen LogP contribution in [0.2, 0.25) is 0 Å². The fourth-order valence-corrected chi connectivity index (χ4v) is 5.71. The summed E-state index contributed by atoms with van der Waals surface area (Å²) in [6.07, 6.45) is -0.979. The molecule has 4 rings (SSSR count). The summed E-state index contributed by atoms with van der Waals surface area (Å²) in [4.78, 5) is 26.8. The lowest BCUT2D eigenvalue weighted by molar-refractivity contribution is -0.162. The number of fused-ring (bicyclic) bond motifs is 1. The molecule has 180 valence electrons. The highest BCUT2D eigenvalue weighted by atomic mass is 31.2. The molecule has 1 amide bonds. The van der Waals surface area contributed by atoms with Crippen molar-refractivity contribution in [1.82, 2.24) is 4.90 Å². The number of nitrogens with zero attached hydrogens (tertiary/aromatic N) is 2. The van der Waals surface area contributed by atoms with E-state index in [9.17, 15) is 19.3 Å². The first-order chi connectivity index (χ1) is 16.8. The van der Waals surface area contributed by atoms with E-state index in [1.54, 1.807) is 67.6 Å². The highest BCUT2D eigenvalue weighted by Crippen LogP contribution is 2.57. The first kappa shape index (κ1) is 25.0. The summed E-state index contributed by atoms with van der Waals surface area (Å²) < 4.78 is 39.3. The molecule has 1 N–H and O–H groups in total. The summed E-state index contributed by atoms with van der Waals surface area (Å²) in [5, 5.41) is 10.1. The fourth-order valence-electron chi connectivity index (χ4n) is 4.13. The third kappa shape index (κ3) is 4.98. The Morgan fingerprint density at radius 2 is 1.63 bits per heavy atom. The molecule has 2 aliphatic heterocycles. The van der Waals surface area contributed by atoms with Crippen molar-refractivity contribution in [2.45, 2.75) is 26.0 Å². The Labute approximate surface area is 204 Å². The van der Waals surface area contributed by atoms with E-state index in [0.29, 0.717) is 0 Å². The van der Waals surface area contributed by atoms with E-state index in [1.807, 2.05) is 0 Å². The number of β-lactam (4-membered cyclic amide) rings is 1. The lowest BCUT2D eigenvalue weighted by Gasteiger charge is -2.46. The van der Waals surface area contributed by atoms with Gasteiger partial charge in [-0.1, -0.05) is 43.3 Å². The number of hydrogen-bond acceptors (Lipinski definition) is 9. The number of carbonyl (C=O) groups excluding carboxylic acids is 2. The number of para-hydroxylation sites is 2. The van der Waals surface area contributed by atoms with Gasteiger partial charge in [0.05, 0.1) is 18.1 Å². The van der Waals surface area contributed by atoms with Crippen LogP contribution in [0.15, 0.2) is 76.8 Å². The van der Waals surface area contributed by atoms with Crippen LogP contribution in [0.25, 0.3) is 0 Å². The lowest BCUT2D eigenvalue weighted by atomic mass is 9.79. The number of rotatable bonds is 9. The summed E-state index contributed by atoms with van der Waals surface area (Å²) in [7, 11) is 0.403. The summed E-state index contributed by atoms with van der Waals surface area (Å²) in [5.41, 5.74) is -0.269. The zero-order valence-corrected chi connectivity index (χ0v) is 20.5. The molecule has 0 saturated carbocycles. The van der Waals surface area contributed by atoms with Crippen LogP contribution in [0.1, 0.15) is 13.8 Å². The van der Waals surface area contributed by atoms with Crippen LogP contribution < -0.4 is 9.05 Å². The maximum atomic E-state index is 13.9. The van der Waals surface area contributed by atoms with E-state index in [2.05, 4.69) is 4.66 Å².